The van der Waals surface area contributed by atoms with Gasteiger partial charge in [0.1, 0.15) is 11.4 Å². The summed E-state index contributed by atoms with van der Waals surface area (Å²) in [6.07, 6.45) is 5.76. The minimum absolute atomic E-state index is 0.108. The number of carbonyl (C=O) groups excluding carboxylic acids is 1. The van der Waals surface area contributed by atoms with Gasteiger partial charge >= 0.3 is 7.60 Å². The van der Waals surface area contributed by atoms with E-state index in [1.54, 1.807) is 12.4 Å². The van der Waals surface area contributed by atoms with Crippen molar-refractivity contribution in [2.45, 2.75) is 50.9 Å². The van der Waals surface area contributed by atoms with Gasteiger partial charge in [0.2, 0.25) is 5.91 Å². The summed E-state index contributed by atoms with van der Waals surface area (Å²) < 4.78 is 19.2. The first-order valence-corrected chi connectivity index (χ1v) is 14.8. The van der Waals surface area contributed by atoms with E-state index in [-0.39, 0.29) is 38.3 Å². The maximum absolute atomic E-state index is 12.2. The van der Waals surface area contributed by atoms with Crippen LogP contribution in [0.5, 0.6) is 5.75 Å². The van der Waals surface area contributed by atoms with Crippen LogP contribution >= 0.6 is 7.60 Å². The van der Waals surface area contributed by atoms with E-state index in [2.05, 4.69) is 20.0 Å². The van der Waals surface area contributed by atoms with Gasteiger partial charge in [-0.2, -0.15) is 5.10 Å². The zero-order valence-electron chi connectivity index (χ0n) is 22.2. The van der Waals surface area contributed by atoms with E-state index in [9.17, 15) is 14.5 Å². The number of aryl methyl sites for hydroxylation is 1. The number of aromatic nitrogens is 4. The number of nitrogens with one attached hydrogen (secondary N) is 1. The van der Waals surface area contributed by atoms with Crippen LogP contribution in [0.15, 0.2) is 54.9 Å². The zero-order chi connectivity index (χ0) is 28.3. The van der Waals surface area contributed by atoms with Crippen LogP contribution in [0.2, 0.25) is 0 Å². The quantitative estimate of drug-likeness (QED) is 0.157. The molecule has 40 heavy (non-hydrogen) atoms. The van der Waals surface area contributed by atoms with Crippen LogP contribution in [0.1, 0.15) is 38.3 Å². The Labute approximate surface area is 231 Å². The molecule has 0 radical (unpaired) electrons. The molecule has 0 bridgehead atoms. The smallest absolute Gasteiger partial charge is 0.356 e. The largest absolute Gasteiger partial charge is 0.493 e. The lowest BCUT2D eigenvalue weighted by atomic mass is 9.96. The Kier molecular flexibility index (Phi) is 8.00. The highest BCUT2D eigenvalue weighted by Gasteiger charge is 2.39. The monoisotopic (exact) mass is 565 g/mol. The predicted molar refractivity (Wildman–Crippen MR) is 150 cm³/mol. The van der Waals surface area contributed by atoms with Crippen LogP contribution < -0.4 is 10.1 Å². The van der Waals surface area contributed by atoms with E-state index >= 15 is 0 Å². The highest BCUT2D eigenvalue weighted by atomic mass is 31.2. The number of rotatable bonds is 11. The van der Waals surface area contributed by atoms with Crippen molar-refractivity contribution in [1.29, 1.82) is 0 Å². The third-order valence-corrected chi connectivity index (χ3v) is 8.59. The fourth-order valence-electron chi connectivity index (χ4n) is 4.88. The van der Waals surface area contributed by atoms with Crippen molar-refractivity contribution < 1.29 is 29.0 Å². The first kappa shape index (κ1) is 27.9. The van der Waals surface area contributed by atoms with E-state index in [1.807, 2.05) is 42.5 Å². The second-order valence-corrected chi connectivity index (χ2v) is 12.1. The number of benzene rings is 1. The molecule has 0 spiro atoms. The lowest BCUT2D eigenvalue weighted by Crippen LogP contribution is -2.29. The summed E-state index contributed by atoms with van der Waals surface area (Å²) in [6.45, 7) is 2.32. The summed E-state index contributed by atoms with van der Waals surface area (Å²) in [5.74, 6) is 0.335. The number of pyridine rings is 2. The number of aliphatic hydroxyl groups is 1. The third kappa shape index (κ3) is 5.93. The SMILES string of the molecule is CC(O)(CCCNC(=O)CCOc1ccc2c(-c3c(-c4ccccn4)nn4c3CCC4)ccnc2c1)P(=O)(O)O. The van der Waals surface area contributed by atoms with E-state index < -0.39 is 12.9 Å². The van der Waals surface area contributed by atoms with Gasteiger partial charge in [0.15, 0.2) is 5.34 Å². The Hall–Kier alpha value is -3.63. The van der Waals surface area contributed by atoms with Crippen LogP contribution in [0.25, 0.3) is 33.4 Å². The van der Waals surface area contributed by atoms with Gasteiger partial charge in [0.05, 0.1) is 24.2 Å². The summed E-state index contributed by atoms with van der Waals surface area (Å²) in [7, 11) is -4.63. The minimum Gasteiger partial charge on any atom is -0.493 e. The molecular formula is C28H32N5O6P. The molecule has 0 saturated heterocycles. The van der Waals surface area contributed by atoms with E-state index in [0.717, 1.165) is 59.7 Å². The fraction of sp³-hybridized carbons (Fsp3) is 0.357. The number of hydrogen-bond donors (Lipinski definition) is 4. The van der Waals surface area contributed by atoms with Crippen LogP contribution in [0.3, 0.4) is 0 Å². The van der Waals surface area contributed by atoms with Crippen LogP contribution in [-0.4, -0.2) is 59.0 Å². The summed E-state index contributed by atoms with van der Waals surface area (Å²) in [4.78, 5) is 39.6. The van der Waals surface area contributed by atoms with Crippen molar-refractivity contribution in [3.05, 3.63) is 60.6 Å². The molecule has 11 nitrogen and oxygen atoms in total. The molecule has 1 atom stereocenters. The number of ether oxygens (including phenoxy) is 1. The summed E-state index contributed by atoms with van der Waals surface area (Å²) in [5.41, 5.74) is 5.77. The average Bonchev–Trinajstić information content (AvgIpc) is 3.52. The average molecular weight is 566 g/mol. The van der Waals surface area contributed by atoms with Gasteiger partial charge < -0.3 is 24.9 Å². The molecule has 1 aromatic carbocycles. The molecular weight excluding hydrogens is 533 g/mol. The van der Waals surface area contributed by atoms with E-state index in [0.29, 0.717) is 5.75 Å². The number of fused-ring (bicyclic) bond motifs is 2. The Balaban J connectivity index is 1.24. The Morgan fingerprint density at radius 3 is 2.80 bits per heavy atom. The number of hydrogen-bond acceptors (Lipinski definition) is 7. The molecule has 0 aliphatic carbocycles. The molecule has 4 N–H and O–H groups in total. The van der Waals surface area contributed by atoms with Gasteiger partial charge in [-0.3, -0.25) is 24.0 Å². The number of carbonyl (C=O) groups is 1. The molecule has 12 heteroatoms. The number of nitrogens with zero attached hydrogens (tertiary/aromatic N) is 4. The van der Waals surface area contributed by atoms with Crippen molar-refractivity contribution >= 4 is 24.4 Å². The van der Waals surface area contributed by atoms with E-state index in [1.165, 1.54) is 5.69 Å². The summed E-state index contributed by atoms with van der Waals surface area (Å²) >= 11 is 0. The molecule has 1 unspecified atom stereocenters. The Morgan fingerprint density at radius 1 is 1.18 bits per heavy atom. The first-order chi connectivity index (χ1) is 19.1. The first-order valence-electron chi connectivity index (χ1n) is 13.2. The summed E-state index contributed by atoms with van der Waals surface area (Å²) in [6, 6.07) is 13.5. The van der Waals surface area contributed by atoms with E-state index in [4.69, 9.17) is 19.6 Å². The van der Waals surface area contributed by atoms with Crippen molar-refractivity contribution in [3.8, 4) is 28.3 Å². The molecule has 3 aromatic heterocycles. The van der Waals surface area contributed by atoms with Crippen LogP contribution in [-0.2, 0) is 22.3 Å². The fourth-order valence-corrected chi connectivity index (χ4v) is 5.33. The maximum Gasteiger partial charge on any atom is 0.356 e. The lowest BCUT2D eigenvalue weighted by Gasteiger charge is -2.24. The molecule has 1 aliphatic heterocycles. The maximum atomic E-state index is 12.2. The lowest BCUT2D eigenvalue weighted by molar-refractivity contribution is -0.121. The van der Waals surface area contributed by atoms with Gasteiger partial charge in [0, 0.05) is 48.2 Å². The van der Waals surface area contributed by atoms with Gasteiger partial charge in [-0.25, -0.2) is 0 Å². The topological polar surface area (TPSA) is 160 Å². The minimum atomic E-state index is -4.63. The molecule has 1 amide bonds. The summed E-state index contributed by atoms with van der Waals surface area (Å²) in [5, 5.41) is 16.3. The standard InChI is InChI=1S/C28H32N5O6P/c1-28(35,40(36,37)38)12-5-14-31-25(34)11-17-39-19-8-9-20-21(10-15-30-23(20)18-19)26-24-7-4-16-33(24)32-27(26)22-6-2-3-13-29-22/h2-3,6,8-10,13,15,18,35H,4-5,7,11-12,14,16-17H2,1H3,(H,31,34)(H2,36,37,38). The molecule has 5 rings (SSSR count). The number of amides is 1. The van der Waals surface area contributed by atoms with Gasteiger partial charge in [-0.05, 0) is 68.5 Å². The van der Waals surface area contributed by atoms with Crippen molar-refractivity contribution in [2.75, 3.05) is 13.2 Å². The Morgan fingerprint density at radius 2 is 2.02 bits per heavy atom. The van der Waals surface area contributed by atoms with Crippen LogP contribution in [0, 0.1) is 0 Å². The van der Waals surface area contributed by atoms with Crippen molar-refractivity contribution in [3.63, 3.8) is 0 Å². The molecule has 210 valence electrons. The zero-order valence-corrected chi connectivity index (χ0v) is 23.0. The highest BCUT2D eigenvalue weighted by Crippen LogP contribution is 2.50. The third-order valence-electron chi connectivity index (χ3n) is 7.11. The molecule has 4 heterocycles. The van der Waals surface area contributed by atoms with Gasteiger partial charge in [0.25, 0.3) is 0 Å². The molecule has 1 aliphatic rings. The second-order valence-electron chi connectivity index (χ2n) is 10.1. The van der Waals surface area contributed by atoms with Crippen molar-refractivity contribution in [2.24, 2.45) is 0 Å². The highest BCUT2D eigenvalue weighted by molar-refractivity contribution is 7.53. The van der Waals surface area contributed by atoms with Gasteiger partial charge in [-0.1, -0.05) is 6.07 Å². The molecule has 0 saturated carbocycles. The van der Waals surface area contributed by atoms with Crippen LogP contribution in [0.4, 0.5) is 0 Å². The predicted octanol–water partition coefficient (Wildman–Crippen LogP) is 3.66. The normalized spacial score (nSPS) is 14.6. The van der Waals surface area contributed by atoms with Gasteiger partial charge in [-0.15, -0.1) is 0 Å². The van der Waals surface area contributed by atoms with Crippen molar-refractivity contribution in [1.82, 2.24) is 25.1 Å². The molecule has 0 fully saturated rings. The second kappa shape index (κ2) is 11.5. The Bertz CT molecular complexity index is 1570. The molecule has 4 aromatic rings.